The molecule has 0 saturated heterocycles. The second-order valence-corrected chi connectivity index (χ2v) is 3.43. The van der Waals surface area contributed by atoms with Crippen molar-refractivity contribution in [1.82, 2.24) is 0 Å². The molecule has 1 rings (SSSR count). The molecule has 1 aliphatic carbocycles. The fourth-order valence-corrected chi connectivity index (χ4v) is 1.82. The van der Waals surface area contributed by atoms with Crippen molar-refractivity contribution >= 4 is 0 Å². The van der Waals surface area contributed by atoms with Crippen LogP contribution in [0.4, 0.5) is 0 Å². The van der Waals surface area contributed by atoms with Gasteiger partial charge in [-0.25, -0.2) is 0 Å². The molecule has 0 N–H and O–H groups in total. The number of hydrogen-bond acceptors (Lipinski definition) is 1. The minimum absolute atomic E-state index is 0.395. The van der Waals surface area contributed by atoms with Crippen molar-refractivity contribution in [3.8, 4) is 0 Å². The van der Waals surface area contributed by atoms with E-state index in [0.717, 1.165) is 0 Å². The van der Waals surface area contributed by atoms with Gasteiger partial charge in [0.1, 0.15) is 0 Å². The van der Waals surface area contributed by atoms with Crippen LogP contribution >= 0.6 is 0 Å². The normalized spacial score (nSPS) is 27.9. The number of rotatable bonds is 2. The molecule has 0 aromatic rings. The van der Waals surface area contributed by atoms with E-state index in [1.165, 1.54) is 24.8 Å². The van der Waals surface area contributed by atoms with Gasteiger partial charge in [-0.3, -0.25) is 0 Å². The standard InChI is InChI=1S/C10H18O/c1-8-6-4-5-7-10(8)9(2)11-3/h6,9-10H,4-5,7H2,1-3H3/t9-,10+/m0/s1. The van der Waals surface area contributed by atoms with Crippen LogP contribution in [0, 0.1) is 5.92 Å². The molecule has 2 atom stereocenters. The van der Waals surface area contributed by atoms with E-state index in [1.807, 2.05) is 0 Å². The SMILES string of the molecule is CO[C@@H](C)[C@@H]1CCCC=C1C. The van der Waals surface area contributed by atoms with Crippen LogP contribution in [-0.4, -0.2) is 13.2 Å². The van der Waals surface area contributed by atoms with Crippen LogP contribution in [0.15, 0.2) is 11.6 Å². The van der Waals surface area contributed by atoms with Gasteiger partial charge in [-0.15, -0.1) is 0 Å². The fraction of sp³-hybridized carbons (Fsp3) is 0.800. The summed E-state index contributed by atoms with van der Waals surface area (Å²) in [6.45, 7) is 4.38. The third kappa shape index (κ3) is 2.06. The lowest BCUT2D eigenvalue weighted by Crippen LogP contribution is -2.22. The third-order valence-corrected chi connectivity index (χ3v) is 2.71. The summed E-state index contributed by atoms with van der Waals surface area (Å²) in [5.74, 6) is 0.675. The molecular formula is C10H18O. The van der Waals surface area contributed by atoms with Gasteiger partial charge < -0.3 is 4.74 Å². The van der Waals surface area contributed by atoms with Gasteiger partial charge in [0.2, 0.25) is 0 Å². The smallest absolute Gasteiger partial charge is 0.0608 e. The zero-order valence-electron chi connectivity index (χ0n) is 7.76. The van der Waals surface area contributed by atoms with E-state index in [4.69, 9.17) is 4.74 Å². The lowest BCUT2D eigenvalue weighted by molar-refractivity contribution is 0.0742. The topological polar surface area (TPSA) is 9.23 Å². The number of ether oxygens (including phenoxy) is 1. The van der Waals surface area contributed by atoms with E-state index in [0.29, 0.717) is 12.0 Å². The van der Waals surface area contributed by atoms with Gasteiger partial charge in [-0.05, 0) is 33.1 Å². The van der Waals surface area contributed by atoms with Crippen molar-refractivity contribution < 1.29 is 4.74 Å². The number of hydrogen-bond donors (Lipinski definition) is 0. The van der Waals surface area contributed by atoms with Gasteiger partial charge in [0.25, 0.3) is 0 Å². The van der Waals surface area contributed by atoms with Crippen molar-refractivity contribution in [3.05, 3.63) is 11.6 Å². The highest BCUT2D eigenvalue weighted by atomic mass is 16.5. The van der Waals surface area contributed by atoms with Gasteiger partial charge in [0.15, 0.2) is 0 Å². The van der Waals surface area contributed by atoms with Gasteiger partial charge in [-0.1, -0.05) is 11.6 Å². The fourth-order valence-electron chi connectivity index (χ4n) is 1.82. The molecule has 11 heavy (non-hydrogen) atoms. The van der Waals surface area contributed by atoms with Crippen LogP contribution in [0.25, 0.3) is 0 Å². The first-order chi connectivity index (χ1) is 5.25. The molecule has 0 aromatic heterocycles. The minimum atomic E-state index is 0.395. The van der Waals surface area contributed by atoms with E-state index >= 15 is 0 Å². The molecule has 0 aliphatic heterocycles. The van der Waals surface area contributed by atoms with Gasteiger partial charge in [-0.2, -0.15) is 0 Å². The number of methoxy groups -OCH3 is 1. The van der Waals surface area contributed by atoms with Crippen molar-refractivity contribution in [2.45, 2.75) is 39.2 Å². The summed E-state index contributed by atoms with van der Waals surface area (Å²) in [5.41, 5.74) is 1.52. The van der Waals surface area contributed by atoms with Crippen LogP contribution < -0.4 is 0 Å². The van der Waals surface area contributed by atoms with Gasteiger partial charge in [0, 0.05) is 13.0 Å². The molecule has 0 heterocycles. The molecule has 0 amide bonds. The lowest BCUT2D eigenvalue weighted by Gasteiger charge is -2.26. The zero-order valence-corrected chi connectivity index (χ0v) is 7.76. The summed E-state index contributed by atoms with van der Waals surface area (Å²) in [6.07, 6.45) is 6.64. The molecular weight excluding hydrogens is 136 g/mol. The zero-order chi connectivity index (χ0) is 8.27. The predicted molar refractivity (Wildman–Crippen MR) is 47.6 cm³/mol. The average molecular weight is 154 g/mol. The minimum Gasteiger partial charge on any atom is -0.381 e. The van der Waals surface area contributed by atoms with E-state index < -0.39 is 0 Å². The molecule has 0 aromatic carbocycles. The number of allylic oxidation sites excluding steroid dienone is 1. The Morgan fingerprint density at radius 3 is 2.91 bits per heavy atom. The molecule has 1 aliphatic rings. The molecule has 1 heteroatoms. The average Bonchev–Trinajstić information content (AvgIpc) is 2.04. The monoisotopic (exact) mass is 154 g/mol. The Morgan fingerprint density at radius 2 is 2.36 bits per heavy atom. The van der Waals surface area contributed by atoms with Crippen LogP contribution in [0.2, 0.25) is 0 Å². The Morgan fingerprint density at radius 1 is 1.64 bits per heavy atom. The van der Waals surface area contributed by atoms with E-state index in [9.17, 15) is 0 Å². The Balaban J connectivity index is 2.55. The summed E-state index contributed by atoms with van der Waals surface area (Å²) in [4.78, 5) is 0. The lowest BCUT2D eigenvalue weighted by atomic mass is 9.85. The first kappa shape index (κ1) is 8.79. The van der Waals surface area contributed by atoms with Crippen LogP contribution in [0.5, 0.6) is 0 Å². The molecule has 0 unspecified atom stereocenters. The summed E-state index contributed by atoms with van der Waals surface area (Å²) in [7, 11) is 1.80. The largest absolute Gasteiger partial charge is 0.381 e. The summed E-state index contributed by atoms with van der Waals surface area (Å²) in [6, 6.07) is 0. The molecule has 0 fully saturated rings. The van der Waals surface area contributed by atoms with Crippen LogP contribution in [0.3, 0.4) is 0 Å². The summed E-state index contributed by atoms with van der Waals surface area (Å²) < 4.78 is 5.32. The first-order valence-corrected chi connectivity index (χ1v) is 4.45. The molecule has 0 radical (unpaired) electrons. The highest BCUT2D eigenvalue weighted by Crippen LogP contribution is 2.28. The highest BCUT2D eigenvalue weighted by Gasteiger charge is 2.20. The van der Waals surface area contributed by atoms with Crippen molar-refractivity contribution in [3.63, 3.8) is 0 Å². The van der Waals surface area contributed by atoms with Crippen LogP contribution in [0.1, 0.15) is 33.1 Å². The second-order valence-electron chi connectivity index (χ2n) is 3.43. The third-order valence-electron chi connectivity index (χ3n) is 2.71. The molecule has 0 saturated carbocycles. The molecule has 64 valence electrons. The van der Waals surface area contributed by atoms with Crippen LogP contribution in [-0.2, 0) is 4.74 Å². The maximum atomic E-state index is 5.32. The Labute approximate surface area is 69.4 Å². The second kappa shape index (κ2) is 3.91. The highest BCUT2D eigenvalue weighted by molar-refractivity contribution is 5.08. The Kier molecular flexibility index (Phi) is 3.13. The maximum absolute atomic E-state index is 5.32. The van der Waals surface area contributed by atoms with E-state index in [1.54, 1.807) is 7.11 Å². The van der Waals surface area contributed by atoms with Gasteiger partial charge >= 0.3 is 0 Å². The summed E-state index contributed by atoms with van der Waals surface area (Å²) in [5, 5.41) is 0. The quantitative estimate of drug-likeness (QED) is 0.556. The van der Waals surface area contributed by atoms with E-state index in [2.05, 4.69) is 19.9 Å². The first-order valence-electron chi connectivity index (χ1n) is 4.45. The molecule has 1 nitrogen and oxygen atoms in total. The molecule has 0 spiro atoms. The van der Waals surface area contributed by atoms with E-state index in [-0.39, 0.29) is 0 Å². The summed E-state index contributed by atoms with van der Waals surface area (Å²) >= 11 is 0. The molecule has 0 bridgehead atoms. The van der Waals surface area contributed by atoms with Crippen molar-refractivity contribution in [2.75, 3.05) is 7.11 Å². The van der Waals surface area contributed by atoms with Gasteiger partial charge in [0.05, 0.1) is 6.10 Å². The Hall–Kier alpha value is -0.300. The maximum Gasteiger partial charge on any atom is 0.0608 e. The predicted octanol–water partition coefficient (Wildman–Crippen LogP) is 2.77. The van der Waals surface area contributed by atoms with Crippen molar-refractivity contribution in [2.24, 2.45) is 5.92 Å². The van der Waals surface area contributed by atoms with Crippen molar-refractivity contribution in [1.29, 1.82) is 0 Å². The Bertz CT molecular complexity index is 149.